The summed E-state index contributed by atoms with van der Waals surface area (Å²) in [5, 5.41) is 10.7. The Morgan fingerprint density at radius 2 is 1.89 bits per heavy atom. The molecule has 0 amide bonds. The van der Waals surface area contributed by atoms with E-state index in [9.17, 15) is 9.90 Å². The summed E-state index contributed by atoms with van der Waals surface area (Å²) >= 11 is 9.88. The molecule has 11 heteroatoms. The first-order valence-electron chi connectivity index (χ1n) is 11.3. The van der Waals surface area contributed by atoms with Crippen molar-refractivity contribution < 1.29 is 14.6 Å². The van der Waals surface area contributed by atoms with Crippen molar-refractivity contribution in [1.82, 2.24) is 24.5 Å². The minimum Gasteiger partial charge on any atom is -0.481 e. The monoisotopic (exact) mass is 585 g/mol. The quantitative estimate of drug-likeness (QED) is 0.324. The van der Waals surface area contributed by atoms with Crippen LogP contribution in [0.5, 0.6) is 11.8 Å². The van der Waals surface area contributed by atoms with Crippen LogP contribution in [-0.2, 0) is 12.2 Å². The topological polar surface area (TPSA) is 112 Å². The van der Waals surface area contributed by atoms with E-state index in [1.807, 2.05) is 6.92 Å². The van der Waals surface area contributed by atoms with E-state index in [0.717, 1.165) is 5.56 Å². The van der Waals surface area contributed by atoms with E-state index in [1.54, 1.807) is 63.4 Å². The van der Waals surface area contributed by atoms with E-state index < -0.39 is 11.2 Å². The number of benzene rings is 1. The van der Waals surface area contributed by atoms with E-state index >= 15 is 0 Å². The highest BCUT2D eigenvalue weighted by Crippen LogP contribution is 2.31. The van der Waals surface area contributed by atoms with Crippen LogP contribution in [-0.4, -0.2) is 36.7 Å². The normalized spacial score (nSPS) is 11.5. The van der Waals surface area contributed by atoms with Gasteiger partial charge in [-0.2, -0.15) is 4.98 Å². The van der Waals surface area contributed by atoms with Gasteiger partial charge in [0.05, 0.1) is 29.2 Å². The third-order valence-corrected chi connectivity index (χ3v) is 6.49. The lowest BCUT2D eigenvalue weighted by Gasteiger charge is -2.18. The van der Waals surface area contributed by atoms with E-state index in [-0.39, 0.29) is 22.8 Å². The fraction of sp³-hybridized carbons (Fsp3) is 0.269. The van der Waals surface area contributed by atoms with E-state index in [0.29, 0.717) is 39.4 Å². The zero-order valence-electron chi connectivity index (χ0n) is 20.9. The van der Waals surface area contributed by atoms with Crippen LogP contribution in [0.4, 0.5) is 0 Å². The van der Waals surface area contributed by atoms with Crippen LogP contribution in [0.15, 0.2) is 51.9 Å². The Balaban J connectivity index is 1.73. The second-order valence-corrected chi connectivity index (χ2v) is 10.0. The number of pyridine rings is 1. The molecule has 0 spiro atoms. The molecule has 4 aromatic rings. The number of rotatable bonds is 7. The molecule has 0 aliphatic heterocycles. The van der Waals surface area contributed by atoms with Gasteiger partial charge in [-0.3, -0.25) is 9.36 Å². The van der Waals surface area contributed by atoms with Crippen molar-refractivity contribution in [3.63, 3.8) is 0 Å². The second-order valence-electron chi connectivity index (χ2n) is 8.83. The standard InChI is InChI=1S/C26H25BrClN5O4/c1-14-12-29-25(26(3,4)35)32-22(14)16-9-10-18(28)19(11-16)33-15(2)30-23(21(27)24(33)34)37-13-17-7-6-8-20(31-17)36-5/h6-12,35H,13H2,1-5H3. The Morgan fingerprint density at radius 1 is 1.14 bits per heavy atom. The van der Waals surface area contributed by atoms with Crippen LogP contribution >= 0.6 is 27.5 Å². The van der Waals surface area contributed by atoms with Gasteiger partial charge in [0.2, 0.25) is 11.8 Å². The maximum absolute atomic E-state index is 13.4. The molecule has 3 heterocycles. The minimum absolute atomic E-state index is 0.0957. The molecule has 0 aliphatic carbocycles. The summed E-state index contributed by atoms with van der Waals surface area (Å²) in [7, 11) is 1.53. The Hall–Kier alpha value is -3.34. The van der Waals surface area contributed by atoms with Crippen LogP contribution in [0, 0.1) is 13.8 Å². The first kappa shape index (κ1) is 26.7. The smallest absolute Gasteiger partial charge is 0.276 e. The number of hydrogen-bond donors (Lipinski definition) is 1. The molecule has 4 rings (SSSR count). The van der Waals surface area contributed by atoms with E-state index in [2.05, 4.69) is 35.9 Å². The summed E-state index contributed by atoms with van der Waals surface area (Å²) in [6.45, 7) is 6.90. The molecule has 192 valence electrons. The molecule has 37 heavy (non-hydrogen) atoms. The fourth-order valence-electron chi connectivity index (χ4n) is 3.62. The first-order chi connectivity index (χ1) is 17.5. The van der Waals surface area contributed by atoms with Gasteiger partial charge in [0.25, 0.3) is 5.56 Å². The highest BCUT2D eigenvalue weighted by Gasteiger charge is 2.22. The molecule has 3 aromatic heterocycles. The van der Waals surface area contributed by atoms with Gasteiger partial charge in [-0.25, -0.2) is 15.0 Å². The molecule has 0 fully saturated rings. The van der Waals surface area contributed by atoms with Crippen LogP contribution < -0.4 is 15.0 Å². The van der Waals surface area contributed by atoms with Crippen molar-refractivity contribution in [1.29, 1.82) is 0 Å². The van der Waals surface area contributed by atoms with Gasteiger partial charge >= 0.3 is 0 Å². The Labute approximate surface area is 227 Å². The Kier molecular flexibility index (Phi) is 7.63. The predicted octanol–water partition coefficient (Wildman–Crippen LogP) is 4.93. The molecular weight excluding hydrogens is 562 g/mol. The van der Waals surface area contributed by atoms with Gasteiger partial charge in [-0.1, -0.05) is 23.7 Å². The Morgan fingerprint density at radius 3 is 2.59 bits per heavy atom. The summed E-state index contributed by atoms with van der Waals surface area (Å²) in [4.78, 5) is 31.0. The summed E-state index contributed by atoms with van der Waals surface area (Å²) < 4.78 is 12.5. The molecule has 1 N–H and O–H groups in total. The summed E-state index contributed by atoms with van der Waals surface area (Å²) in [5.41, 5.74) is 1.58. The Bertz CT molecular complexity index is 1530. The van der Waals surface area contributed by atoms with Crippen LogP contribution in [0.25, 0.3) is 16.9 Å². The molecule has 0 saturated carbocycles. The summed E-state index contributed by atoms with van der Waals surface area (Å²) in [5.74, 6) is 1.26. The number of aryl methyl sites for hydroxylation is 2. The van der Waals surface area contributed by atoms with Crippen LogP contribution in [0.3, 0.4) is 0 Å². The third-order valence-electron chi connectivity index (χ3n) is 5.49. The minimum atomic E-state index is -1.21. The number of aromatic nitrogens is 5. The maximum atomic E-state index is 13.4. The van der Waals surface area contributed by atoms with Crippen molar-refractivity contribution in [2.75, 3.05) is 7.11 Å². The van der Waals surface area contributed by atoms with Gasteiger partial charge < -0.3 is 14.6 Å². The zero-order valence-corrected chi connectivity index (χ0v) is 23.3. The average molecular weight is 587 g/mol. The van der Waals surface area contributed by atoms with E-state index in [4.69, 9.17) is 21.1 Å². The third kappa shape index (κ3) is 5.66. The number of methoxy groups -OCH3 is 1. The maximum Gasteiger partial charge on any atom is 0.276 e. The molecule has 0 unspecified atom stereocenters. The number of halogens is 2. The fourth-order valence-corrected chi connectivity index (χ4v) is 4.20. The van der Waals surface area contributed by atoms with Crippen LogP contribution in [0.1, 0.15) is 36.8 Å². The van der Waals surface area contributed by atoms with Gasteiger partial charge in [-0.05, 0) is 67.4 Å². The van der Waals surface area contributed by atoms with E-state index in [1.165, 1.54) is 11.7 Å². The molecule has 1 aromatic carbocycles. The van der Waals surface area contributed by atoms with Gasteiger partial charge in [0.1, 0.15) is 22.5 Å². The SMILES string of the molecule is COc1cccc(COc2nc(C)n(-c3cc(-c4nc(C(C)(C)O)ncc4C)ccc3Cl)c(=O)c2Br)n1. The lowest BCUT2D eigenvalue weighted by atomic mass is 10.0. The number of hydrogen-bond acceptors (Lipinski definition) is 8. The molecule has 0 saturated heterocycles. The highest BCUT2D eigenvalue weighted by molar-refractivity contribution is 9.10. The predicted molar refractivity (Wildman–Crippen MR) is 143 cm³/mol. The number of nitrogens with zero attached hydrogens (tertiary/aromatic N) is 5. The molecule has 0 atom stereocenters. The van der Waals surface area contributed by atoms with Gasteiger partial charge in [0, 0.05) is 17.8 Å². The summed E-state index contributed by atoms with van der Waals surface area (Å²) in [6, 6.07) is 10.6. The average Bonchev–Trinajstić information content (AvgIpc) is 2.86. The van der Waals surface area contributed by atoms with Crippen molar-refractivity contribution in [3.05, 3.63) is 85.4 Å². The van der Waals surface area contributed by atoms with Crippen molar-refractivity contribution in [2.24, 2.45) is 0 Å². The van der Waals surface area contributed by atoms with Crippen LogP contribution in [0.2, 0.25) is 5.02 Å². The first-order valence-corrected chi connectivity index (χ1v) is 12.5. The lowest BCUT2D eigenvalue weighted by Crippen LogP contribution is -2.24. The van der Waals surface area contributed by atoms with Crippen molar-refractivity contribution in [2.45, 2.75) is 39.9 Å². The van der Waals surface area contributed by atoms with Crippen molar-refractivity contribution in [3.8, 4) is 28.7 Å². The summed E-state index contributed by atoms with van der Waals surface area (Å²) in [6.07, 6.45) is 1.66. The molecule has 0 aliphatic rings. The molecule has 0 bridgehead atoms. The highest BCUT2D eigenvalue weighted by atomic mass is 79.9. The van der Waals surface area contributed by atoms with Crippen molar-refractivity contribution >= 4 is 27.5 Å². The zero-order chi connectivity index (χ0) is 26.9. The lowest BCUT2D eigenvalue weighted by molar-refractivity contribution is 0.0688. The van der Waals surface area contributed by atoms with Gasteiger partial charge in [-0.15, -0.1) is 0 Å². The molecule has 0 radical (unpaired) electrons. The largest absolute Gasteiger partial charge is 0.481 e. The second kappa shape index (κ2) is 10.6. The molecule has 9 nitrogen and oxygen atoms in total. The number of aliphatic hydroxyl groups is 1. The van der Waals surface area contributed by atoms with Gasteiger partial charge in [0.15, 0.2) is 5.82 Å². The number of ether oxygens (including phenoxy) is 2. The molecular formula is C26H25BrClN5O4.